The van der Waals surface area contributed by atoms with Crippen molar-refractivity contribution < 1.29 is 19.1 Å². The van der Waals surface area contributed by atoms with Gasteiger partial charge < -0.3 is 9.47 Å². The topological polar surface area (TPSA) is 52.6 Å². The molecule has 1 fully saturated rings. The molecule has 2 unspecified atom stereocenters. The molecule has 4 rings (SSSR count). The highest BCUT2D eigenvalue weighted by molar-refractivity contribution is 9.10. The minimum atomic E-state index is -0.502. The minimum absolute atomic E-state index is 0.109. The first-order valence-electron chi connectivity index (χ1n) is 8.86. The molecule has 1 saturated carbocycles. The lowest BCUT2D eigenvalue weighted by Gasteiger charge is -2.29. The van der Waals surface area contributed by atoms with Crippen molar-refractivity contribution in [2.24, 2.45) is 0 Å². The Morgan fingerprint density at radius 3 is 2.52 bits per heavy atom. The molecule has 2 aliphatic rings. The van der Waals surface area contributed by atoms with Crippen molar-refractivity contribution in [1.82, 2.24) is 0 Å². The first kappa shape index (κ1) is 18.0. The van der Waals surface area contributed by atoms with E-state index in [0.29, 0.717) is 11.5 Å². The summed E-state index contributed by atoms with van der Waals surface area (Å²) in [5.41, 5.74) is 1.85. The normalized spacial score (nSPS) is 22.4. The molecule has 0 radical (unpaired) electrons. The summed E-state index contributed by atoms with van der Waals surface area (Å²) in [5, 5.41) is 1.47. The van der Waals surface area contributed by atoms with Crippen molar-refractivity contribution in [3.63, 3.8) is 0 Å². The van der Waals surface area contributed by atoms with Crippen LogP contribution in [-0.2, 0) is 15.0 Å². The largest absolute Gasteiger partial charge is 0.422 e. The Morgan fingerprint density at radius 2 is 1.85 bits per heavy atom. The molecule has 2 aromatic carbocycles. The summed E-state index contributed by atoms with van der Waals surface area (Å²) in [4.78, 5) is 24.2. The second-order valence-corrected chi connectivity index (χ2v) is 8.21. The molecule has 2 aromatic rings. The lowest BCUT2D eigenvalue weighted by Crippen LogP contribution is -2.20. The number of hydrogen-bond acceptors (Lipinski definition) is 4. The maximum Gasteiger partial charge on any atom is 0.335 e. The van der Waals surface area contributed by atoms with Gasteiger partial charge in [-0.15, -0.1) is 0 Å². The summed E-state index contributed by atoms with van der Waals surface area (Å²) in [7, 11) is 0. The number of rotatable bonds is 4. The van der Waals surface area contributed by atoms with E-state index in [0.717, 1.165) is 57.8 Å². The molecule has 2 bridgehead atoms. The molecular weight excluding hydrogens is 408 g/mol. The molecule has 2 aliphatic carbocycles. The predicted molar refractivity (Wildman–Crippen MR) is 107 cm³/mol. The fourth-order valence-corrected chi connectivity index (χ4v) is 5.20. The van der Waals surface area contributed by atoms with E-state index < -0.39 is 11.9 Å². The quantitative estimate of drug-likeness (QED) is 0.376. The van der Waals surface area contributed by atoms with Crippen molar-refractivity contribution in [1.29, 1.82) is 0 Å². The molecule has 2 atom stereocenters. The summed E-state index contributed by atoms with van der Waals surface area (Å²) < 4.78 is 12.3. The third kappa shape index (κ3) is 2.64. The maximum absolute atomic E-state index is 12.1. The molecule has 0 saturated heterocycles. The minimum Gasteiger partial charge on any atom is -0.422 e. The maximum atomic E-state index is 12.1. The van der Waals surface area contributed by atoms with E-state index in [9.17, 15) is 9.59 Å². The van der Waals surface area contributed by atoms with Crippen LogP contribution in [0.25, 0.3) is 10.8 Å². The van der Waals surface area contributed by atoms with Crippen LogP contribution in [0.3, 0.4) is 0 Å². The number of carbonyl (C=O) groups excluding carboxylic acids is 2. The Bertz CT molecular complexity index is 1020. The monoisotopic (exact) mass is 426 g/mol. The average Bonchev–Trinajstić information content (AvgIpc) is 3.18. The number of fused-ring (bicyclic) bond motifs is 6. The van der Waals surface area contributed by atoms with Gasteiger partial charge in [0.1, 0.15) is 11.5 Å². The van der Waals surface area contributed by atoms with Crippen LogP contribution in [0.4, 0.5) is 0 Å². The van der Waals surface area contributed by atoms with Gasteiger partial charge in [-0.1, -0.05) is 48.1 Å². The SMILES string of the molecule is C=CC(=O)Oc1c2c(c(OC(=O)C=C)c3c(Br)cccc13)C1CCC2(C)C1. The summed E-state index contributed by atoms with van der Waals surface area (Å²) in [6, 6.07) is 5.64. The van der Waals surface area contributed by atoms with E-state index >= 15 is 0 Å². The third-order valence-electron chi connectivity index (χ3n) is 5.72. The number of halogens is 1. The molecule has 0 aliphatic heterocycles. The molecule has 0 amide bonds. The number of benzene rings is 2. The Morgan fingerprint density at radius 1 is 1.19 bits per heavy atom. The summed E-state index contributed by atoms with van der Waals surface area (Å²) >= 11 is 3.57. The van der Waals surface area contributed by atoms with Gasteiger partial charge in [0.25, 0.3) is 0 Å². The smallest absolute Gasteiger partial charge is 0.335 e. The third-order valence-corrected chi connectivity index (χ3v) is 6.38. The molecule has 0 spiro atoms. The standard InChI is InChI=1S/C22H19BrO4/c1-4-15(24)26-20-13-7-6-8-14(23)18(13)21(27-16(25)5-2)17-12-9-10-22(3,11-12)19(17)20/h4-8,12H,1-2,9-11H2,3H3. The van der Waals surface area contributed by atoms with E-state index in [1.54, 1.807) is 0 Å². The van der Waals surface area contributed by atoms with Gasteiger partial charge in [-0.3, -0.25) is 0 Å². The highest BCUT2D eigenvalue weighted by Gasteiger charge is 2.50. The second kappa shape index (κ2) is 6.34. The van der Waals surface area contributed by atoms with Crippen LogP contribution in [0.2, 0.25) is 0 Å². The van der Waals surface area contributed by atoms with Gasteiger partial charge in [0.05, 0.1) is 0 Å². The second-order valence-electron chi connectivity index (χ2n) is 7.36. The van der Waals surface area contributed by atoms with Crippen molar-refractivity contribution >= 4 is 38.6 Å². The van der Waals surface area contributed by atoms with Gasteiger partial charge in [0.2, 0.25) is 0 Å². The van der Waals surface area contributed by atoms with E-state index in [1.807, 2.05) is 18.2 Å². The van der Waals surface area contributed by atoms with Crippen molar-refractivity contribution in [2.75, 3.05) is 0 Å². The van der Waals surface area contributed by atoms with E-state index in [1.165, 1.54) is 0 Å². The van der Waals surface area contributed by atoms with Crippen LogP contribution in [0, 0.1) is 0 Å². The molecular formula is C22H19BrO4. The van der Waals surface area contributed by atoms with Gasteiger partial charge in [-0.05, 0) is 36.7 Å². The summed E-state index contributed by atoms with van der Waals surface area (Å²) in [6.07, 6.45) is 5.31. The molecule has 27 heavy (non-hydrogen) atoms. The Balaban J connectivity index is 2.12. The molecule has 0 N–H and O–H groups in total. The number of esters is 2. The van der Waals surface area contributed by atoms with E-state index in [2.05, 4.69) is 36.0 Å². The van der Waals surface area contributed by atoms with Gasteiger partial charge in [-0.25, -0.2) is 9.59 Å². The fourth-order valence-electron chi connectivity index (χ4n) is 4.65. The zero-order valence-corrected chi connectivity index (χ0v) is 16.6. The van der Waals surface area contributed by atoms with Gasteiger partial charge >= 0.3 is 11.9 Å². The molecule has 4 nitrogen and oxygen atoms in total. The zero-order valence-electron chi connectivity index (χ0n) is 15.0. The van der Waals surface area contributed by atoms with Crippen LogP contribution in [0.1, 0.15) is 43.2 Å². The van der Waals surface area contributed by atoms with Crippen LogP contribution in [-0.4, -0.2) is 11.9 Å². The Hall–Kier alpha value is -2.40. The molecule has 5 heteroatoms. The van der Waals surface area contributed by atoms with Crippen LogP contribution >= 0.6 is 15.9 Å². The zero-order chi connectivity index (χ0) is 19.3. The number of carbonyl (C=O) groups is 2. The summed E-state index contributed by atoms with van der Waals surface area (Å²) in [6.45, 7) is 9.22. The van der Waals surface area contributed by atoms with Crippen LogP contribution in [0.5, 0.6) is 11.5 Å². The Labute approximate surface area is 166 Å². The van der Waals surface area contributed by atoms with Crippen molar-refractivity contribution in [3.8, 4) is 11.5 Å². The highest BCUT2D eigenvalue weighted by atomic mass is 79.9. The van der Waals surface area contributed by atoms with E-state index in [-0.39, 0.29) is 11.3 Å². The predicted octanol–water partition coefficient (Wildman–Crippen LogP) is 5.32. The van der Waals surface area contributed by atoms with Gasteiger partial charge in [0.15, 0.2) is 0 Å². The van der Waals surface area contributed by atoms with Crippen LogP contribution < -0.4 is 9.47 Å². The lowest BCUT2D eigenvalue weighted by atomic mass is 9.78. The highest BCUT2D eigenvalue weighted by Crippen LogP contribution is 2.64. The van der Waals surface area contributed by atoms with Gasteiger partial charge in [0, 0.05) is 38.5 Å². The van der Waals surface area contributed by atoms with Crippen molar-refractivity contribution in [2.45, 2.75) is 37.5 Å². The fraction of sp³-hybridized carbons (Fsp3) is 0.273. The van der Waals surface area contributed by atoms with Crippen molar-refractivity contribution in [3.05, 3.63) is 59.1 Å². The van der Waals surface area contributed by atoms with E-state index in [4.69, 9.17) is 9.47 Å². The first-order chi connectivity index (χ1) is 12.9. The number of ether oxygens (including phenoxy) is 2. The molecule has 138 valence electrons. The van der Waals surface area contributed by atoms with Gasteiger partial charge in [-0.2, -0.15) is 0 Å². The molecule has 0 aromatic heterocycles. The van der Waals surface area contributed by atoms with Crippen LogP contribution in [0.15, 0.2) is 48.0 Å². The number of hydrogen-bond donors (Lipinski definition) is 0. The molecule has 0 heterocycles. The Kier molecular flexibility index (Phi) is 4.22. The average molecular weight is 427 g/mol. The summed E-state index contributed by atoms with van der Waals surface area (Å²) in [5.74, 6) is 0.368. The lowest BCUT2D eigenvalue weighted by molar-refractivity contribution is -0.130. The first-order valence-corrected chi connectivity index (χ1v) is 9.66.